The summed E-state index contributed by atoms with van der Waals surface area (Å²) in [5.41, 5.74) is 0.705. The van der Waals surface area contributed by atoms with Crippen molar-refractivity contribution < 1.29 is 9.72 Å². The summed E-state index contributed by atoms with van der Waals surface area (Å²) in [6, 6.07) is 4.51. The minimum atomic E-state index is -0.588. The number of nitro benzene ring substituents is 1. The number of benzene rings is 1. The fourth-order valence-corrected chi connectivity index (χ4v) is 1.69. The van der Waals surface area contributed by atoms with Gasteiger partial charge < -0.3 is 5.32 Å². The van der Waals surface area contributed by atoms with Gasteiger partial charge in [-0.25, -0.2) is 0 Å². The van der Waals surface area contributed by atoms with Crippen LogP contribution in [-0.2, 0) is 0 Å². The van der Waals surface area contributed by atoms with Gasteiger partial charge in [-0.15, -0.1) is 0 Å². The summed E-state index contributed by atoms with van der Waals surface area (Å²) in [4.78, 5) is 22.2. The third kappa shape index (κ3) is 2.71. The van der Waals surface area contributed by atoms with Gasteiger partial charge in [-0.2, -0.15) is 5.10 Å². The highest BCUT2D eigenvalue weighted by molar-refractivity contribution is 6.34. The van der Waals surface area contributed by atoms with Crippen LogP contribution in [0, 0.1) is 17.0 Å². The molecule has 0 spiro atoms. The summed E-state index contributed by atoms with van der Waals surface area (Å²) >= 11 is 5.74. The van der Waals surface area contributed by atoms with Crippen LogP contribution in [0.1, 0.15) is 16.1 Å². The molecular weight excluding hydrogens is 272 g/mol. The van der Waals surface area contributed by atoms with Crippen molar-refractivity contribution in [2.24, 2.45) is 0 Å². The molecule has 1 aromatic heterocycles. The second-order valence-corrected chi connectivity index (χ2v) is 4.23. The maximum absolute atomic E-state index is 11.9. The van der Waals surface area contributed by atoms with E-state index in [1.54, 1.807) is 13.0 Å². The summed E-state index contributed by atoms with van der Waals surface area (Å²) in [6.07, 6.45) is 1.28. The van der Waals surface area contributed by atoms with Crippen molar-refractivity contribution in [2.45, 2.75) is 6.92 Å². The summed E-state index contributed by atoms with van der Waals surface area (Å²) in [5.74, 6) is -0.588. The third-order valence-corrected chi connectivity index (χ3v) is 2.70. The molecule has 2 rings (SSSR count). The molecule has 1 aromatic carbocycles. The fourth-order valence-electron chi connectivity index (χ4n) is 1.51. The molecule has 2 N–H and O–H groups in total. The van der Waals surface area contributed by atoms with Gasteiger partial charge in [0.25, 0.3) is 11.6 Å². The van der Waals surface area contributed by atoms with Crippen LogP contribution in [0.2, 0.25) is 5.02 Å². The largest absolute Gasteiger partial charge is 0.315 e. The topological polar surface area (TPSA) is 101 Å². The Labute approximate surface area is 112 Å². The van der Waals surface area contributed by atoms with E-state index in [9.17, 15) is 14.9 Å². The first-order valence-corrected chi connectivity index (χ1v) is 5.62. The van der Waals surface area contributed by atoms with Crippen LogP contribution in [0.3, 0.4) is 0 Å². The van der Waals surface area contributed by atoms with Crippen molar-refractivity contribution in [1.29, 1.82) is 0 Å². The predicted octanol–water partition coefficient (Wildman–Crippen LogP) is 2.53. The molecule has 0 atom stereocenters. The third-order valence-electron chi connectivity index (χ3n) is 2.42. The minimum absolute atomic E-state index is 0.0524. The Balaban J connectivity index is 2.32. The average Bonchev–Trinajstić information content (AvgIpc) is 2.77. The van der Waals surface area contributed by atoms with Gasteiger partial charge in [0.1, 0.15) is 11.4 Å². The van der Waals surface area contributed by atoms with Gasteiger partial charge in [-0.1, -0.05) is 17.7 Å². The average molecular weight is 281 g/mol. The number of hydrogen-bond acceptors (Lipinski definition) is 4. The summed E-state index contributed by atoms with van der Waals surface area (Å²) < 4.78 is 0. The Morgan fingerprint density at radius 1 is 1.53 bits per heavy atom. The van der Waals surface area contributed by atoms with Crippen molar-refractivity contribution in [3.05, 3.63) is 50.8 Å². The Bertz CT molecular complexity index is 653. The normalized spacial score (nSPS) is 10.2. The number of nitrogens with zero attached hydrogens (tertiary/aromatic N) is 2. The quantitative estimate of drug-likeness (QED) is 0.666. The number of carbonyl (C=O) groups is 1. The zero-order valence-electron chi connectivity index (χ0n) is 9.81. The van der Waals surface area contributed by atoms with Crippen LogP contribution in [-0.4, -0.2) is 21.0 Å². The summed E-state index contributed by atoms with van der Waals surface area (Å²) in [6.45, 7) is 1.73. The predicted molar refractivity (Wildman–Crippen MR) is 69.4 cm³/mol. The molecule has 0 aliphatic rings. The highest BCUT2D eigenvalue weighted by atomic mass is 35.5. The molecule has 0 bridgehead atoms. The molecule has 0 radical (unpaired) electrons. The van der Waals surface area contributed by atoms with E-state index < -0.39 is 10.8 Å². The van der Waals surface area contributed by atoms with Gasteiger partial charge in [0, 0.05) is 6.07 Å². The molecule has 0 fully saturated rings. The van der Waals surface area contributed by atoms with Gasteiger partial charge in [-0.3, -0.25) is 20.0 Å². The highest BCUT2D eigenvalue weighted by Crippen LogP contribution is 2.26. The zero-order valence-corrected chi connectivity index (χ0v) is 10.6. The van der Waals surface area contributed by atoms with E-state index in [0.717, 1.165) is 5.56 Å². The first-order chi connectivity index (χ1) is 8.99. The lowest BCUT2D eigenvalue weighted by molar-refractivity contribution is -0.384. The number of carbonyl (C=O) groups excluding carboxylic acids is 1. The number of anilines is 1. The molecule has 0 aliphatic carbocycles. The van der Waals surface area contributed by atoms with E-state index in [1.807, 2.05) is 0 Å². The number of hydrogen-bond donors (Lipinski definition) is 2. The molecule has 2 aromatic rings. The van der Waals surface area contributed by atoms with Gasteiger partial charge in [0.2, 0.25) is 0 Å². The molecule has 7 nitrogen and oxygen atoms in total. The maximum atomic E-state index is 11.9. The molecular formula is C11H9ClN4O3. The number of aryl methyl sites for hydroxylation is 1. The van der Waals surface area contributed by atoms with Crippen LogP contribution in [0.5, 0.6) is 0 Å². The molecule has 1 heterocycles. The lowest BCUT2D eigenvalue weighted by Crippen LogP contribution is -2.14. The number of rotatable bonds is 3. The van der Waals surface area contributed by atoms with E-state index in [0.29, 0.717) is 0 Å². The SMILES string of the molecule is Cc1ccc(NC(=O)c2[nH]ncc2Cl)c([N+](=O)[O-])c1. The highest BCUT2D eigenvalue weighted by Gasteiger charge is 2.19. The van der Waals surface area contributed by atoms with Gasteiger partial charge in [0.05, 0.1) is 16.1 Å². The number of halogens is 1. The van der Waals surface area contributed by atoms with E-state index >= 15 is 0 Å². The number of aromatic nitrogens is 2. The van der Waals surface area contributed by atoms with Crippen molar-refractivity contribution >= 4 is 28.9 Å². The first kappa shape index (κ1) is 13.0. The van der Waals surface area contributed by atoms with Crippen molar-refractivity contribution in [3.63, 3.8) is 0 Å². The van der Waals surface area contributed by atoms with Crippen molar-refractivity contribution in [1.82, 2.24) is 10.2 Å². The van der Waals surface area contributed by atoms with Gasteiger partial charge in [0.15, 0.2) is 0 Å². The minimum Gasteiger partial charge on any atom is -0.315 e. The standard InChI is InChI=1S/C11H9ClN4O3/c1-6-2-3-8(9(4-6)16(18)19)14-11(17)10-7(12)5-13-15-10/h2-5H,1H3,(H,13,15)(H,14,17). The molecule has 19 heavy (non-hydrogen) atoms. The molecule has 8 heteroatoms. The number of nitrogens with one attached hydrogen (secondary N) is 2. The molecule has 0 saturated carbocycles. The first-order valence-electron chi connectivity index (χ1n) is 5.24. The number of nitro groups is 1. The van der Waals surface area contributed by atoms with E-state index in [2.05, 4.69) is 15.5 Å². The lowest BCUT2D eigenvalue weighted by Gasteiger charge is -2.05. The molecule has 0 aliphatic heterocycles. The van der Waals surface area contributed by atoms with E-state index in [1.165, 1.54) is 18.3 Å². The summed E-state index contributed by atoms with van der Waals surface area (Å²) in [7, 11) is 0. The lowest BCUT2D eigenvalue weighted by atomic mass is 10.2. The Kier molecular flexibility index (Phi) is 3.48. The molecule has 1 amide bonds. The second-order valence-electron chi connectivity index (χ2n) is 3.82. The molecule has 0 unspecified atom stereocenters. The van der Waals surface area contributed by atoms with Crippen molar-refractivity contribution in [2.75, 3.05) is 5.32 Å². The Morgan fingerprint density at radius 3 is 2.84 bits per heavy atom. The van der Waals surface area contributed by atoms with Gasteiger partial charge >= 0.3 is 0 Å². The van der Waals surface area contributed by atoms with Crippen LogP contribution < -0.4 is 5.32 Å². The van der Waals surface area contributed by atoms with Crippen molar-refractivity contribution in [3.8, 4) is 0 Å². The smallest absolute Gasteiger partial charge is 0.293 e. The van der Waals surface area contributed by atoms with Crippen LogP contribution >= 0.6 is 11.6 Å². The number of H-pyrrole nitrogens is 1. The van der Waals surface area contributed by atoms with Crippen LogP contribution in [0.25, 0.3) is 0 Å². The zero-order chi connectivity index (χ0) is 14.0. The fraction of sp³-hybridized carbons (Fsp3) is 0.0909. The monoisotopic (exact) mass is 280 g/mol. The van der Waals surface area contributed by atoms with Crippen LogP contribution in [0.15, 0.2) is 24.4 Å². The number of aromatic amines is 1. The molecule has 0 saturated heterocycles. The second kappa shape index (κ2) is 5.07. The maximum Gasteiger partial charge on any atom is 0.293 e. The van der Waals surface area contributed by atoms with E-state index in [-0.39, 0.29) is 22.1 Å². The van der Waals surface area contributed by atoms with E-state index in [4.69, 9.17) is 11.6 Å². The Morgan fingerprint density at radius 2 is 2.26 bits per heavy atom. The number of amides is 1. The van der Waals surface area contributed by atoms with Gasteiger partial charge in [-0.05, 0) is 18.6 Å². The molecule has 98 valence electrons. The van der Waals surface area contributed by atoms with Crippen LogP contribution in [0.4, 0.5) is 11.4 Å². The Hall–Kier alpha value is -2.41. The summed E-state index contributed by atoms with van der Waals surface area (Å²) in [5, 5.41) is 19.5.